The van der Waals surface area contributed by atoms with Crippen LogP contribution in [0.3, 0.4) is 0 Å². The van der Waals surface area contributed by atoms with Crippen molar-refractivity contribution in [1.82, 2.24) is 14.9 Å². The minimum absolute atomic E-state index is 0.0137. The standard InChI is InChI=1S/C13H21IN6O/c1-2-3-11(12(15)18-21)19-4-6-20(7-5-19)13-16-8-10(14)9-17-13/h8-9,11,21H,2-7H2,1H3,(H2,15,18). The molecule has 1 atom stereocenters. The lowest BCUT2D eigenvalue weighted by molar-refractivity contribution is 0.210. The van der Waals surface area contributed by atoms with Gasteiger partial charge in [0.1, 0.15) is 0 Å². The van der Waals surface area contributed by atoms with Gasteiger partial charge in [-0.15, -0.1) is 0 Å². The first-order chi connectivity index (χ1) is 10.2. The van der Waals surface area contributed by atoms with Crippen LogP contribution in [0.2, 0.25) is 0 Å². The molecule has 1 saturated heterocycles. The molecule has 0 aromatic carbocycles. The Labute approximate surface area is 138 Å². The summed E-state index contributed by atoms with van der Waals surface area (Å²) in [5.74, 6) is 1.07. The molecule has 2 rings (SSSR count). The Balaban J connectivity index is 1.97. The van der Waals surface area contributed by atoms with Crippen LogP contribution in [0.4, 0.5) is 5.95 Å². The van der Waals surface area contributed by atoms with E-state index in [9.17, 15) is 0 Å². The molecule has 2 heterocycles. The maximum absolute atomic E-state index is 8.92. The molecule has 8 heteroatoms. The molecule has 1 aliphatic heterocycles. The Morgan fingerprint density at radius 2 is 2.00 bits per heavy atom. The third kappa shape index (κ3) is 4.16. The number of oxime groups is 1. The first-order valence-corrected chi connectivity index (χ1v) is 8.17. The molecule has 21 heavy (non-hydrogen) atoms. The van der Waals surface area contributed by atoms with Gasteiger partial charge in [0.15, 0.2) is 5.84 Å². The molecule has 116 valence electrons. The van der Waals surface area contributed by atoms with Gasteiger partial charge in [0.05, 0.1) is 6.04 Å². The molecule has 1 aliphatic rings. The molecule has 7 nitrogen and oxygen atoms in total. The monoisotopic (exact) mass is 404 g/mol. The summed E-state index contributed by atoms with van der Waals surface area (Å²) >= 11 is 2.20. The van der Waals surface area contributed by atoms with Gasteiger partial charge in [-0.25, -0.2) is 9.97 Å². The quantitative estimate of drug-likeness (QED) is 0.251. The van der Waals surface area contributed by atoms with E-state index < -0.39 is 0 Å². The van der Waals surface area contributed by atoms with Crippen LogP contribution in [-0.4, -0.2) is 58.1 Å². The lowest BCUT2D eigenvalue weighted by Gasteiger charge is -2.38. The average molecular weight is 404 g/mol. The van der Waals surface area contributed by atoms with Crippen molar-refractivity contribution in [3.63, 3.8) is 0 Å². The van der Waals surface area contributed by atoms with Crippen molar-refractivity contribution in [2.45, 2.75) is 25.8 Å². The average Bonchev–Trinajstić information content (AvgIpc) is 2.53. The number of halogens is 1. The summed E-state index contributed by atoms with van der Waals surface area (Å²) in [5, 5.41) is 12.1. The normalized spacial score (nSPS) is 18.8. The predicted octanol–water partition coefficient (Wildman–Crippen LogP) is 1.12. The lowest BCUT2D eigenvalue weighted by atomic mass is 10.1. The summed E-state index contributed by atoms with van der Waals surface area (Å²) in [7, 11) is 0. The zero-order chi connectivity index (χ0) is 15.2. The van der Waals surface area contributed by atoms with Crippen LogP contribution in [0, 0.1) is 3.57 Å². The highest BCUT2D eigenvalue weighted by Crippen LogP contribution is 2.15. The fraction of sp³-hybridized carbons (Fsp3) is 0.615. The van der Waals surface area contributed by atoms with Gasteiger partial charge < -0.3 is 15.8 Å². The van der Waals surface area contributed by atoms with E-state index in [2.05, 4.69) is 54.4 Å². The van der Waals surface area contributed by atoms with Crippen LogP contribution in [0.5, 0.6) is 0 Å². The van der Waals surface area contributed by atoms with Gasteiger partial charge >= 0.3 is 0 Å². The van der Waals surface area contributed by atoms with E-state index in [0.29, 0.717) is 5.84 Å². The minimum atomic E-state index is 0.0137. The van der Waals surface area contributed by atoms with Crippen molar-refractivity contribution in [3.8, 4) is 0 Å². The number of anilines is 1. The van der Waals surface area contributed by atoms with Crippen LogP contribution < -0.4 is 10.6 Å². The van der Waals surface area contributed by atoms with E-state index >= 15 is 0 Å². The first kappa shape index (κ1) is 16.2. The molecule has 1 fully saturated rings. The highest BCUT2D eigenvalue weighted by Gasteiger charge is 2.26. The van der Waals surface area contributed by atoms with Crippen LogP contribution in [-0.2, 0) is 0 Å². The van der Waals surface area contributed by atoms with E-state index in [1.54, 1.807) is 0 Å². The fourth-order valence-corrected chi connectivity index (χ4v) is 2.84. The number of aromatic nitrogens is 2. The summed E-state index contributed by atoms with van der Waals surface area (Å²) in [5.41, 5.74) is 5.82. The molecule has 1 unspecified atom stereocenters. The molecule has 1 aromatic rings. The number of rotatable bonds is 5. The molecule has 3 N–H and O–H groups in total. The van der Waals surface area contributed by atoms with Gasteiger partial charge in [-0.05, 0) is 29.0 Å². The predicted molar refractivity (Wildman–Crippen MR) is 90.6 cm³/mol. The number of nitrogens with zero attached hydrogens (tertiary/aromatic N) is 5. The van der Waals surface area contributed by atoms with Crippen LogP contribution >= 0.6 is 22.6 Å². The van der Waals surface area contributed by atoms with Crippen LogP contribution in [0.1, 0.15) is 19.8 Å². The highest BCUT2D eigenvalue weighted by atomic mass is 127. The molecule has 0 amide bonds. The Morgan fingerprint density at radius 3 is 2.52 bits per heavy atom. The first-order valence-electron chi connectivity index (χ1n) is 7.09. The van der Waals surface area contributed by atoms with Gasteiger partial charge in [-0.2, -0.15) is 0 Å². The zero-order valence-electron chi connectivity index (χ0n) is 12.1. The lowest BCUT2D eigenvalue weighted by Crippen LogP contribution is -2.54. The summed E-state index contributed by atoms with van der Waals surface area (Å²) in [6.45, 7) is 5.51. The summed E-state index contributed by atoms with van der Waals surface area (Å²) in [4.78, 5) is 13.2. The fourth-order valence-electron chi connectivity index (χ4n) is 2.56. The van der Waals surface area contributed by atoms with Gasteiger partial charge in [0.2, 0.25) is 5.95 Å². The van der Waals surface area contributed by atoms with E-state index in [4.69, 9.17) is 10.9 Å². The van der Waals surface area contributed by atoms with E-state index in [-0.39, 0.29) is 6.04 Å². The van der Waals surface area contributed by atoms with E-state index in [0.717, 1.165) is 48.5 Å². The SMILES string of the molecule is CCCC(C(N)=NO)N1CCN(c2ncc(I)cn2)CC1. The molecule has 1 aromatic heterocycles. The van der Waals surface area contributed by atoms with Gasteiger partial charge in [0.25, 0.3) is 0 Å². The third-order valence-corrected chi connectivity index (χ3v) is 4.22. The molecular formula is C13H21IN6O. The second kappa shape index (κ2) is 7.74. The second-order valence-electron chi connectivity index (χ2n) is 5.05. The van der Waals surface area contributed by atoms with Crippen molar-refractivity contribution < 1.29 is 5.21 Å². The topological polar surface area (TPSA) is 90.9 Å². The zero-order valence-corrected chi connectivity index (χ0v) is 14.3. The number of nitrogens with two attached hydrogens (primary N) is 1. The molecule has 0 aliphatic carbocycles. The largest absolute Gasteiger partial charge is 0.409 e. The third-order valence-electron chi connectivity index (χ3n) is 3.66. The van der Waals surface area contributed by atoms with Crippen molar-refractivity contribution in [2.24, 2.45) is 10.9 Å². The Morgan fingerprint density at radius 1 is 1.38 bits per heavy atom. The van der Waals surface area contributed by atoms with Gasteiger partial charge in [-0.1, -0.05) is 18.5 Å². The molecule has 0 radical (unpaired) electrons. The number of hydrogen-bond acceptors (Lipinski definition) is 6. The summed E-state index contributed by atoms with van der Waals surface area (Å²) in [6.07, 6.45) is 5.55. The summed E-state index contributed by atoms with van der Waals surface area (Å²) in [6, 6.07) is 0.0137. The minimum Gasteiger partial charge on any atom is -0.409 e. The maximum atomic E-state index is 8.92. The molecule has 0 spiro atoms. The smallest absolute Gasteiger partial charge is 0.225 e. The Bertz CT molecular complexity index is 472. The van der Waals surface area contributed by atoms with Gasteiger partial charge in [-0.3, -0.25) is 4.90 Å². The van der Waals surface area contributed by atoms with Crippen molar-refractivity contribution >= 4 is 34.4 Å². The van der Waals surface area contributed by atoms with E-state index in [1.807, 2.05) is 12.4 Å². The highest BCUT2D eigenvalue weighted by molar-refractivity contribution is 14.1. The Hall–Kier alpha value is -1.16. The maximum Gasteiger partial charge on any atom is 0.225 e. The number of amidine groups is 1. The van der Waals surface area contributed by atoms with E-state index in [1.165, 1.54) is 0 Å². The summed E-state index contributed by atoms with van der Waals surface area (Å²) < 4.78 is 1.03. The van der Waals surface area contributed by atoms with Crippen molar-refractivity contribution in [2.75, 3.05) is 31.1 Å². The number of piperazine rings is 1. The second-order valence-corrected chi connectivity index (χ2v) is 6.30. The van der Waals surface area contributed by atoms with Crippen LogP contribution in [0.25, 0.3) is 0 Å². The Kier molecular flexibility index (Phi) is 5.97. The van der Waals surface area contributed by atoms with Crippen molar-refractivity contribution in [3.05, 3.63) is 16.0 Å². The number of hydrogen-bond donors (Lipinski definition) is 2. The van der Waals surface area contributed by atoms with Gasteiger partial charge in [0, 0.05) is 42.1 Å². The molecular weight excluding hydrogens is 383 g/mol. The molecule has 0 saturated carbocycles. The van der Waals surface area contributed by atoms with Crippen LogP contribution in [0.15, 0.2) is 17.5 Å². The van der Waals surface area contributed by atoms with Crippen molar-refractivity contribution in [1.29, 1.82) is 0 Å². The molecule has 0 bridgehead atoms.